The van der Waals surface area contributed by atoms with Crippen LogP contribution in [0.15, 0.2) is 84.3 Å². The topological polar surface area (TPSA) is 84.5 Å². The summed E-state index contributed by atoms with van der Waals surface area (Å²) in [4.78, 5) is 12.5. The van der Waals surface area contributed by atoms with Gasteiger partial charge in [0.15, 0.2) is 0 Å². The molecule has 3 aromatic carbocycles. The molecule has 0 fully saturated rings. The van der Waals surface area contributed by atoms with Gasteiger partial charge in [-0.3, -0.25) is 9.52 Å². The maximum atomic E-state index is 12.5. The first-order chi connectivity index (χ1) is 15.8. The van der Waals surface area contributed by atoms with Gasteiger partial charge in [0.1, 0.15) is 0 Å². The van der Waals surface area contributed by atoms with Crippen LogP contribution < -0.4 is 10.0 Å². The van der Waals surface area contributed by atoms with Crippen molar-refractivity contribution in [2.75, 3.05) is 4.72 Å². The highest BCUT2D eigenvalue weighted by Crippen LogP contribution is 2.14. The Morgan fingerprint density at radius 2 is 1.64 bits per heavy atom. The Bertz CT molecular complexity index is 1190. The molecule has 0 aliphatic carbocycles. The summed E-state index contributed by atoms with van der Waals surface area (Å²) in [6.07, 6.45) is 1.68. The number of rotatable bonds is 10. The van der Waals surface area contributed by atoms with Gasteiger partial charge in [0.05, 0.1) is 18.1 Å². The molecule has 0 saturated heterocycles. The van der Waals surface area contributed by atoms with E-state index in [1.165, 1.54) is 6.08 Å². The van der Waals surface area contributed by atoms with E-state index in [2.05, 4.69) is 10.0 Å². The van der Waals surface area contributed by atoms with E-state index < -0.39 is 10.0 Å². The fourth-order valence-electron chi connectivity index (χ4n) is 3.00. The van der Waals surface area contributed by atoms with E-state index in [0.717, 1.165) is 22.1 Å². The predicted molar refractivity (Wildman–Crippen MR) is 132 cm³/mol. The summed E-state index contributed by atoms with van der Waals surface area (Å²) in [5, 5.41) is 4.00. The number of anilines is 1. The van der Waals surface area contributed by atoms with Crippen LogP contribution in [-0.4, -0.2) is 20.4 Å². The molecule has 7 heteroatoms. The molecular weight excluding hydrogens is 436 g/mol. The average molecular weight is 465 g/mol. The highest BCUT2D eigenvalue weighted by Gasteiger charge is 2.09. The second-order valence-electron chi connectivity index (χ2n) is 7.80. The summed E-state index contributed by atoms with van der Waals surface area (Å²) in [6, 6.07) is 23.3. The molecule has 0 radical (unpaired) electrons. The van der Waals surface area contributed by atoms with Crippen LogP contribution >= 0.6 is 0 Å². The highest BCUT2D eigenvalue weighted by molar-refractivity contribution is 7.95. The number of ether oxygens (including phenoxy) is 1. The molecule has 172 valence electrons. The smallest absolute Gasteiger partial charge is 0.255 e. The normalized spacial score (nSPS) is 11.6. The highest BCUT2D eigenvalue weighted by atomic mass is 32.2. The zero-order valence-corrected chi connectivity index (χ0v) is 19.5. The standard InChI is InChI=1S/C26H28N2O4S/c1-20(2)32-19-23-10-6-9-22(17-23)18-27-26(29)24-11-13-25(14-12-24)28-33(30,31)16-15-21-7-4-3-5-8-21/h3-17,20,28H,18-19H2,1-2H3,(H,27,29). The van der Waals surface area contributed by atoms with Gasteiger partial charge in [0.25, 0.3) is 15.9 Å². The van der Waals surface area contributed by atoms with Crippen LogP contribution in [0.4, 0.5) is 5.69 Å². The monoisotopic (exact) mass is 464 g/mol. The van der Waals surface area contributed by atoms with Crippen LogP contribution in [0.5, 0.6) is 0 Å². The first-order valence-corrected chi connectivity index (χ1v) is 12.2. The van der Waals surface area contributed by atoms with Gasteiger partial charge in [-0.1, -0.05) is 54.6 Å². The molecule has 0 unspecified atom stereocenters. The van der Waals surface area contributed by atoms with E-state index in [0.29, 0.717) is 24.4 Å². The molecule has 3 aromatic rings. The van der Waals surface area contributed by atoms with Gasteiger partial charge in [0.2, 0.25) is 0 Å². The van der Waals surface area contributed by atoms with E-state index in [-0.39, 0.29) is 12.0 Å². The van der Waals surface area contributed by atoms with Crippen molar-refractivity contribution in [3.05, 3.63) is 107 Å². The summed E-state index contributed by atoms with van der Waals surface area (Å²) >= 11 is 0. The molecule has 0 bridgehead atoms. The number of amides is 1. The lowest BCUT2D eigenvalue weighted by Crippen LogP contribution is -2.22. The zero-order chi connectivity index (χ0) is 23.7. The lowest BCUT2D eigenvalue weighted by molar-refractivity contribution is 0.0657. The first kappa shape index (κ1) is 24.2. The van der Waals surface area contributed by atoms with Crippen LogP contribution in [0.3, 0.4) is 0 Å². The summed E-state index contributed by atoms with van der Waals surface area (Å²) in [5.41, 5.74) is 3.63. The maximum Gasteiger partial charge on any atom is 0.255 e. The average Bonchev–Trinajstić information content (AvgIpc) is 2.81. The Morgan fingerprint density at radius 1 is 0.939 bits per heavy atom. The Balaban J connectivity index is 1.55. The van der Waals surface area contributed by atoms with E-state index in [1.54, 1.807) is 24.3 Å². The van der Waals surface area contributed by atoms with Crippen LogP contribution in [0, 0.1) is 0 Å². The van der Waals surface area contributed by atoms with Crippen molar-refractivity contribution in [3.8, 4) is 0 Å². The third kappa shape index (κ3) is 8.21. The lowest BCUT2D eigenvalue weighted by atomic mass is 10.1. The van der Waals surface area contributed by atoms with Gasteiger partial charge >= 0.3 is 0 Å². The number of carbonyl (C=O) groups is 1. The van der Waals surface area contributed by atoms with Crippen LogP contribution in [-0.2, 0) is 27.9 Å². The van der Waals surface area contributed by atoms with Gasteiger partial charge in [-0.05, 0) is 60.9 Å². The van der Waals surface area contributed by atoms with Crippen molar-refractivity contribution in [1.29, 1.82) is 0 Å². The molecule has 0 atom stereocenters. The SMILES string of the molecule is CC(C)OCc1cccc(CNC(=O)c2ccc(NS(=O)(=O)C=Cc3ccccc3)cc2)c1. The first-order valence-electron chi connectivity index (χ1n) is 10.6. The number of benzene rings is 3. The minimum absolute atomic E-state index is 0.153. The largest absolute Gasteiger partial charge is 0.374 e. The third-order valence-corrected chi connectivity index (χ3v) is 5.69. The minimum Gasteiger partial charge on any atom is -0.374 e. The zero-order valence-electron chi connectivity index (χ0n) is 18.7. The van der Waals surface area contributed by atoms with E-state index in [1.807, 2.05) is 68.4 Å². The van der Waals surface area contributed by atoms with E-state index in [4.69, 9.17) is 4.74 Å². The van der Waals surface area contributed by atoms with Crippen molar-refractivity contribution in [3.63, 3.8) is 0 Å². The number of carbonyl (C=O) groups excluding carboxylic acids is 1. The Labute approximate surface area is 195 Å². The number of sulfonamides is 1. The van der Waals surface area contributed by atoms with Crippen molar-refractivity contribution in [2.24, 2.45) is 0 Å². The number of hydrogen-bond acceptors (Lipinski definition) is 4. The molecule has 33 heavy (non-hydrogen) atoms. The summed E-state index contributed by atoms with van der Waals surface area (Å²) in [5.74, 6) is -0.239. The van der Waals surface area contributed by atoms with E-state index in [9.17, 15) is 13.2 Å². The summed E-state index contributed by atoms with van der Waals surface area (Å²) in [6.45, 7) is 4.88. The van der Waals surface area contributed by atoms with Gasteiger partial charge < -0.3 is 10.1 Å². The van der Waals surface area contributed by atoms with Crippen molar-refractivity contribution >= 4 is 27.7 Å². The predicted octanol–water partition coefficient (Wildman–Crippen LogP) is 4.95. The van der Waals surface area contributed by atoms with E-state index >= 15 is 0 Å². The fraction of sp³-hybridized carbons (Fsp3) is 0.192. The van der Waals surface area contributed by atoms with Crippen LogP contribution in [0.1, 0.15) is 40.9 Å². The molecule has 1 amide bonds. The van der Waals surface area contributed by atoms with Crippen molar-refractivity contribution < 1.29 is 17.9 Å². The van der Waals surface area contributed by atoms with Crippen molar-refractivity contribution in [2.45, 2.75) is 33.1 Å². The van der Waals surface area contributed by atoms with Gasteiger partial charge in [-0.2, -0.15) is 0 Å². The molecule has 0 aliphatic rings. The summed E-state index contributed by atoms with van der Waals surface area (Å²) in [7, 11) is -3.67. The molecule has 0 spiro atoms. The lowest BCUT2D eigenvalue weighted by Gasteiger charge is -2.10. The Morgan fingerprint density at radius 3 is 2.33 bits per heavy atom. The third-order valence-electron chi connectivity index (χ3n) is 4.67. The quantitative estimate of drug-likeness (QED) is 0.444. The summed E-state index contributed by atoms with van der Waals surface area (Å²) < 4.78 is 32.7. The molecule has 2 N–H and O–H groups in total. The van der Waals surface area contributed by atoms with Crippen molar-refractivity contribution in [1.82, 2.24) is 5.32 Å². The molecule has 0 saturated carbocycles. The molecule has 3 rings (SSSR count). The molecule has 0 aromatic heterocycles. The van der Waals surface area contributed by atoms with Gasteiger partial charge in [0, 0.05) is 17.8 Å². The van der Waals surface area contributed by atoms with Crippen LogP contribution in [0.25, 0.3) is 6.08 Å². The molecule has 6 nitrogen and oxygen atoms in total. The van der Waals surface area contributed by atoms with Gasteiger partial charge in [-0.25, -0.2) is 8.42 Å². The second-order valence-corrected chi connectivity index (χ2v) is 9.37. The number of hydrogen-bond donors (Lipinski definition) is 2. The molecular formula is C26H28N2O4S. The fourth-order valence-corrected chi connectivity index (χ4v) is 3.87. The van der Waals surface area contributed by atoms with Gasteiger partial charge in [-0.15, -0.1) is 0 Å². The maximum absolute atomic E-state index is 12.5. The molecule has 0 aliphatic heterocycles. The minimum atomic E-state index is -3.67. The van der Waals surface area contributed by atoms with Crippen LogP contribution in [0.2, 0.25) is 0 Å². The molecule has 0 heterocycles. The Kier molecular flexibility index (Phi) is 8.40. The second kappa shape index (κ2) is 11.4. The Hall–Kier alpha value is -3.42. The number of nitrogens with one attached hydrogen (secondary N) is 2.